The highest BCUT2D eigenvalue weighted by Gasteiger charge is 2.42. The van der Waals surface area contributed by atoms with Crippen LogP contribution in [0.15, 0.2) is 30.5 Å². The smallest absolute Gasteiger partial charge is 0.391 e. The predicted molar refractivity (Wildman–Crippen MR) is 76.8 cm³/mol. The highest BCUT2D eigenvalue weighted by Crippen LogP contribution is 2.40. The van der Waals surface area contributed by atoms with Gasteiger partial charge in [0.05, 0.1) is 23.9 Å². The van der Waals surface area contributed by atoms with Crippen LogP contribution < -0.4 is 0 Å². The van der Waals surface area contributed by atoms with Crippen LogP contribution in [0.2, 0.25) is 0 Å². The van der Waals surface area contributed by atoms with Gasteiger partial charge in [-0.1, -0.05) is 23.4 Å². The molecule has 1 N–H and O–H groups in total. The lowest BCUT2D eigenvalue weighted by atomic mass is 9.97. The molecule has 3 rings (SSSR count). The molecule has 1 aliphatic heterocycles. The largest absolute Gasteiger partial charge is 0.416 e. The highest BCUT2D eigenvalue weighted by molar-refractivity contribution is 5.92. The number of aryl methyl sites for hydroxylation is 1. The molecule has 6 nitrogen and oxygen atoms in total. The Hall–Kier alpha value is -2.42. The Kier molecular flexibility index (Phi) is 4.04. The standard InChI is InChI=1S/C15H15F3N4O2/c1-21-13(7-19-20-21)14(24)22-8-9(23)6-12(22)10-4-2-3-5-11(10)15(16,17)18/h2-5,7,9,12,23H,6,8H2,1H3/t9-,12-/m0/s1. The van der Waals surface area contributed by atoms with Crippen LogP contribution in [0, 0.1) is 0 Å². The number of carbonyl (C=O) groups excluding carboxylic acids is 1. The maximum absolute atomic E-state index is 13.3. The number of rotatable bonds is 2. The lowest BCUT2D eigenvalue weighted by Gasteiger charge is -2.26. The Balaban J connectivity index is 2.01. The summed E-state index contributed by atoms with van der Waals surface area (Å²) in [5.41, 5.74) is -0.673. The van der Waals surface area contributed by atoms with E-state index in [1.807, 2.05) is 0 Å². The zero-order chi connectivity index (χ0) is 17.5. The van der Waals surface area contributed by atoms with Crippen LogP contribution in [0.1, 0.15) is 34.1 Å². The number of benzene rings is 1. The maximum atomic E-state index is 13.3. The van der Waals surface area contributed by atoms with E-state index in [-0.39, 0.29) is 24.2 Å². The predicted octanol–water partition coefficient (Wildman–Crippen LogP) is 1.78. The van der Waals surface area contributed by atoms with E-state index in [0.29, 0.717) is 0 Å². The molecule has 2 heterocycles. The quantitative estimate of drug-likeness (QED) is 0.905. The molecule has 1 aromatic heterocycles. The van der Waals surface area contributed by atoms with Crippen molar-refractivity contribution in [3.63, 3.8) is 0 Å². The van der Waals surface area contributed by atoms with Crippen molar-refractivity contribution in [3.05, 3.63) is 47.3 Å². The fourth-order valence-corrected chi connectivity index (χ4v) is 3.01. The molecule has 128 valence electrons. The van der Waals surface area contributed by atoms with Gasteiger partial charge in [0.1, 0.15) is 5.69 Å². The average molecular weight is 340 g/mol. The van der Waals surface area contributed by atoms with Gasteiger partial charge >= 0.3 is 6.18 Å². The SMILES string of the molecule is Cn1nncc1C(=O)N1C[C@@H](O)C[C@H]1c1ccccc1C(F)(F)F. The van der Waals surface area contributed by atoms with Crippen molar-refractivity contribution in [3.8, 4) is 0 Å². The zero-order valence-electron chi connectivity index (χ0n) is 12.7. The van der Waals surface area contributed by atoms with Crippen molar-refractivity contribution in [2.45, 2.75) is 24.7 Å². The van der Waals surface area contributed by atoms with Crippen molar-refractivity contribution < 1.29 is 23.1 Å². The van der Waals surface area contributed by atoms with Crippen LogP contribution in [-0.2, 0) is 13.2 Å². The van der Waals surface area contributed by atoms with Gasteiger partial charge in [-0.3, -0.25) is 4.79 Å². The third-order valence-corrected chi connectivity index (χ3v) is 4.10. The molecule has 9 heteroatoms. The Morgan fingerprint density at radius 2 is 2.04 bits per heavy atom. The minimum Gasteiger partial charge on any atom is -0.391 e. The number of hydrogen-bond donors (Lipinski definition) is 1. The van der Waals surface area contributed by atoms with Gasteiger partial charge in [0.2, 0.25) is 0 Å². The molecule has 2 aromatic rings. The summed E-state index contributed by atoms with van der Waals surface area (Å²) >= 11 is 0. The number of aliphatic hydroxyl groups is 1. The molecular weight excluding hydrogens is 325 g/mol. The molecule has 1 aliphatic rings. The molecule has 1 fully saturated rings. The molecule has 0 saturated carbocycles. The van der Waals surface area contributed by atoms with Gasteiger partial charge in [-0.25, -0.2) is 4.68 Å². The van der Waals surface area contributed by atoms with Gasteiger partial charge in [-0.2, -0.15) is 13.2 Å². The summed E-state index contributed by atoms with van der Waals surface area (Å²) in [5.74, 6) is -0.513. The van der Waals surface area contributed by atoms with Crippen LogP contribution in [0.4, 0.5) is 13.2 Å². The van der Waals surface area contributed by atoms with Crippen molar-refractivity contribution in [1.29, 1.82) is 0 Å². The number of carbonyl (C=O) groups is 1. The molecule has 2 atom stereocenters. The molecule has 0 spiro atoms. The number of amides is 1. The van der Waals surface area contributed by atoms with Crippen molar-refractivity contribution in [1.82, 2.24) is 19.9 Å². The minimum absolute atomic E-state index is 0.0231. The van der Waals surface area contributed by atoms with E-state index < -0.39 is 29.8 Å². The second kappa shape index (κ2) is 5.90. The minimum atomic E-state index is -4.53. The van der Waals surface area contributed by atoms with Gasteiger partial charge in [0.15, 0.2) is 0 Å². The fraction of sp³-hybridized carbons (Fsp3) is 0.400. The Morgan fingerprint density at radius 1 is 1.33 bits per heavy atom. The molecule has 0 bridgehead atoms. The first-order valence-electron chi connectivity index (χ1n) is 7.29. The van der Waals surface area contributed by atoms with Gasteiger partial charge in [-0.05, 0) is 18.1 Å². The number of halogens is 3. The van der Waals surface area contributed by atoms with E-state index in [4.69, 9.17) is 0 Å². The summed E-state index contributed by atoms with van der Waals surface area (Å²) in [6, 6.07) is 4.25. The molecule has 0 radical (unpaired) electrons. The van der Waals surface area contributed by atoms with Crippen molar-refractivity contribution >= 4 is 5.91 Å². The Labute approximate surface area is 135 Å². The topological polar surface area (TPSA) is 71.2 Å². The lowest BCUT2D eigenvalue weighted by molar-refractivity contribution is -0.138. The first-order chi connectivity index (χ1) is 11.3. The van der Waals surface area contributed by atoms with Gasteiger partial charge in [0, 0.05) is 13.6 Å². The van der Waals surface area contributed by atoms with E-state index in [9.17, 15) is 23.1 Å². The van der Waals surface area contributed by atoms with E-state index in [1.165, 1.54) is 41.0 Å². The Bertz CT molecular complexity index is 759. The van der Waals surface area contributed by atoms with E-state index in [2.05, 4.69) is 10.3 Å². The molecule has 24 heavy (non-hydrogen) atoms. The van der Waals surface area contributed by atoms with E-state index >= 15 is 0 Å². The number of β-amino-alcohol motifs (C(OH)–C–C–N with tert-alkyl or cyclic N) is 1. The van der Waals surface area contributed by atoms with Crippen LogP contribution in [0.25, 0.3) is 0 Å². The summed E-state index contributed by atoms with van der Waals surface area (Å²) < 4.78 is 41.1. The fourth-order valence-electron chi connectivity index (χ4n) is 3.01. The number of aliphatic hydroxyl groups excluding tert-OH is 1. The number of nitrogens with zero attached hydrogens (tertiary/aromatic N) is 4. The first kappa shape index (κ1) is 16.4. The van der Waals surface area contributed by atoms with Crippen LogP contribution in [-0.4, -0.2) is 43.6 Å². The maximum Gasteiger partial charge on any atom is 0.416 e. The normalized spacial score (nSPS) is 21.3. The van der Waals surface area contributed by atoms with Crippen LogP contribution in [0.5, 0.6) is 0 Å². The summed E-state index contributed by atoms with van der Waals surface area (Å²) in [6.45, 7) is -0.0408. The second-order valence-electron chi connectivity index (χ2n) is 5.69. The van der Waals surface area contributed by atoms with Gasteiger partial charge in [0.25, 0.3) is 5.91 Å². The first-order valence-corrected chi connectivity index (χ1v) is 7.29. The monoisotopic (exact) mass is 340 g/mol. The summed E-state index contributed by atoms with van der Waals surface area (Å²) in [5, 5.41) is 17.2. The van der Waals surface area contributed by atoms with E-state index in [1.54, 1.807) is 0 Å². The number of hydrogen-bond acceptors (Lipinski definition) is 4. The molecule has 1 saturated heterocycles. The third-order valence-electron chi connectivity index (χ3n) is 4.10. The van der Waals surface area contributed by atoms with Crippen molar-refractivity contribution in [2.24, 2.45) is 7.05 Å². The zero-order valence-corrected chi connectivity index (χ0v) is 12.7. The lowest BCUT2D eigenvalue weighted by Crippen LogP contribution is -2.33. The Morgan fingerprint density at radius 3 is 2.67 bits per heavy atom. The molecule has 0 aliphatic carbocycles. The summed E-state index contributed by atoms with van der Waals surface area (Å²) in [6.07, 6.45) is -4.13. The van der Waals surface area contributed by atoms with Crippen LogP contribution in [0.3, 0.4) is 0 Å². The van der Waals surface area contributed by atoms with Crippen molar-refractivity contribution in [2.75, 3.05) is 6.54 Å². The molecule has 1 amide bonds. The summed E-state index contributed by atoms with van der Waals surface area (Å²) in [7, 11) is 1.52. The number of aromatic nitrogens is 3. The number of alkyl halides is 3. The van der Waals surface area contributed by atoms with Gasteiger partial charge < -0.3 is 10.0 Å². The molecule has 0 unspecified atom stereocenters. The second-order valence-corrected chi connectivity index (χ2v) is 5.69. The average Bonchev–Trinajstić information content (AvgIpc) is 3.11. The third kappa shape index (κ3) is 2.86. The highest BCUT2D eigenvalue weighted by atomic mass is 19.4. The number of likely N-dealkylation sites (tertiary alicyclic amines) is 1. The van der Waals surface area contributed by atoms with Gasteiger partial charge in [-0.15, -0.1) is 5.10 Å². The summed E-state index contributed by atoms with van der Waals surface area (Å²) in [4.78, 5) is 13.9. The molecule has 1 aromatic carbocycles. The molecular formula is C15H15F3N4O2. The van der Waals surface area contributed by atoms with E-state index in [0.717, 1.165) is 6.07 Å². The van der Waals surface area contributed by atoms with Crippen LogP contribution >= 0.6 is 0 Å².